The minimum absolute atomic E-state index is 0.0297. The molecule has 1 aromatic heterocycles. The molecule has 24 heavy (non-hydrogen) atoms. The Hall–Kier alpha value is -2.47. The second kappa shape index (κ2) is 8.40. The quantitative estimate of drug-likeness (QED) is 0.571. The predicted octanol–water partition coefficient (Wildman–Crippen LogP) is 3.23. The standard InChI is InChI=1S/C18H19NO4S/c1-13-8-10-16(24-13)15(20)9-11-18(22)23-12-17(21)19(2)14-6-4-3-5-7-14/h3-8,10H,9,11-12H2,1-2H3. The van der Waals surface area contributed by atoms with Crippen LogP contribution in [0.2, 0.25) is 0 Å². The van der Waals surface area contributed by atoms with Crippen molar-refractivity contribution in [1.29, 1.82) is 0 Å². The van der Waals surface area contributed by atoms with Gasteiger partial charge in [-0.3, -0.25) is 14.4 Å². The summed E-state index contributed by atoms with van der Waals surface area (Å²) in [5, 5.41) is 0. The zero-order valence-corrected chi connectivity index (χ0v) is 14.5. The Labute approximate surface area is 144 Å². The van der Waals surface area contributed by atoms with Gasteiger partial charge in [0.25, 0.3) is 5.91 Å². The number of amides is 1. The van der Waals surface area contributed by atoms with Crippen molar-refractivity contribution in [2.24, 2.45) is 0 Å². The lowest BCUT2D eigenvalue weighted by molar-refractivity contribution is -0.147. The van der Waals surface area contributed by atoms with Gasteiger partial charge in [-0.2, -0.15) is 0 Å². The fourth-order valence-corrected chi connectivity index (χ4v) is 2.86. The molecule has 1 heterocycles. The fraction of sp³-hybridized carbons (Fsp3) is 0.278. The van der Waals surface area contributed by atoms with Crippen molar-refractivity contribution in [2.75, 3.05) is 18.6 Å². The summed E-state index contributed by atoms with van der Waals surface area (Å²) in [4.78, 5) is 38.7. The normalized spacial score (nSPS) is 10.2. The van der Waals surface area contributed by atoms with E-state index in [1.54, 1.807) is 25.2 Å². The molecule has 5 nitrogen and oxygen atoms in total. The number of hydrogen-bond acceptors (Lipinski definition) is 5. The Balaban J connectivity index is 1.74. The van der Waals surface area contributed by atoms with Crippen molar-refractivity contribution in [3.8, 4) is 0 Å². The largest absolute Gasteiger partial charge is 0.456 e. The first-order valence-corrected chi connectivity index (χ1v) is 8.36. The summed E-state index contributed by atoms with van der Waals surface area (Å²) in [6.07, 6.45) is 0.0552. The number of anilines is 1. The molecule has 0 radical (unpaired) electrons. The van der Waals surface area contributed by atoms with Gasteiger partial charge in [-0.1, -0.05) is 18.2 Å². The lowest BCUT2D eigenvalue weighted by atomic mass is 10.2. The number of hydrogen-bond donors (Lipinski definition) is 0. The van der Waals surface area contributed by atoms with Gasteiger partial charge in [-0.05, 0) is 31.2 Å². The molecule has 126 valence electrons. The summed E-state index contributed by atoms with van der Waals surface area (Å²) >= 11 is 1.40. The summed E-state index contributed by atoms with van der Waals surface area (Å²) in [5.74, 6) is -0.959. The Bertz CT molecular complexity index is 724. The number of likely N-dealkylation sites (N-methyl/N-ethyl adjacent to an activating group) is 1. The molecule has 1 amide bonds. The third-order valence-corrected chi connectivity index (χ3v) is 4.49. The minimum atomic E-state index is -0.550. The molecule has 0 spiro atoms. The molecule has 0 unspecified atom stereocenters. The molecule has 0 aliphatic rings. The van der Waals surface area contributed by atoms with E-state index >= 15 is 0 Å². The average molecular weight is 345 g/mol. The molecule has 0 aliphatic carbocycles. The second-order valence-corrected chi connectivity index (χ2v) is 6.57. The van der Waals surface area contributed by atoms with E-state index in [0.29, 0.717) is 4.88 Å². The first-order valence-electron chi connectivity index (χ1n) is 7.54. The maximum Gasteiger partial charge on any atom is 0.306 e. The number of thiophene rings is 1. The van der Waals surface area contributed by atoms with Crippen LogP contribution in [0.4, 0.5) is 5.69 Å². The zero-order valence-electron chi connectivity index (χ0n) is 13.7. The van der Waals surface area contributed by atoms with Gasteiger partial charge in [-0.25, -0.2) is 0 Å². The highest BCUT2D eigenvalue weighted by atomic mass is 32.1. The van der Waals surface area contributed by atoms with E-state index in [4.69, 9.17) is 4.74 Å². The number of carbonyl (C=O) groups is 3. The molecule has 0 bridgehead atoms. The number of esters is 1. The van der Waals surface area contributed by atoms with Crippen molar-refractivity contribution >= 4 is 34.7 Å². The van der Waals surface area contributed by atoms with Crippen LogP contribution in [0, 0.1) is 6.92 Å². The van der Waals surface area contributed by atoms with Crippen LogP contribution >= 0.6 is 11.3 Å². The van der Waals surface area contributed by atoms with Crippen LogP contribution in [0.25, 0.3) is 0 Å². The summed E-state index contributed by atoms with van der Waals surface area (Å²) in [6, 6.07) is 12.7. The van der Waals surface area contributed by atoms with Gasteiger partial charge in [-0.15, -0.1) is 11.3 Å². The third kappa shape index (κ3) is 5.03. The van der Waals surface area contributed by atoms with Crippen LogP contribution < -0.4 is 4.90 Å². The van der Waals surface area contributed by atoms with E-state index in [1.165, 1.54) is 16.2 Å². The van der Waals surface area contributed by atoms with Crippen LogP contribution in [-0.4, -0.2) is 31.3 Å². The van der Waals surface area contributed by atoms with Crippen LogP contribution in [0.3, 0.4) is 0 Å². The summed E-state index contributed by atoms with van der Waals surface area (Å²) < 4.78 is 4.96. The van der Waals surface area contributed by atoms with Gasteiger partial charge < -0.3 is 9.64 Å². The molecular weight excluding hydrogens is 326 g/mol. The SMILES string of the molecule is Cc1ccc(C(=O)CCC(=O)OCC(=O)N(C)c2ccccc2)s1. The first-order chi connectivity index (χ1) is 11.5. The number of ketones is 1. The topological polar surface area (TPSA) is 63.7 Å². The highest BCUT2D eigenvalue weighted by molar-refractivity contribution is 7.14. The zero-order chi connectivity index (χ0) is 17.5. The first kappa shape index (κ1) is 17.9. The van der Waals surface area contributed by atoms with Crippen molar-refractivity contribution in [3.63, 3.8) is 0 Å². The van der Waals surface area contributed by atoms with Crippen LogP contribution in [0.5, 0.6) is 0 Å². The molecule has 0 aliphatic heterocycles. The minimum Gasteiger partial charge on any atom is -0.456 e. The number of Topliss-reactive ketones (excluding diaryl/α,β-unsaturated/α-hetero) is 1. The molecule has 0 saturated heterocycles. The molecule has 0 atom stereocenters. The van der Waals surface area contributed by atoms with E-state index < -0.39 is 5.97 Å². The number of ether oxygens (including phenoxy) is 1. The maximum atomic E-state index is 12.0. The predicted molar refractivity (Wildman–Crippen MR) is 93.4 cm³/mol. The van der Waals surface area contributed by atoms with Crippen molar-refractivity contribution in [3.05, 3.63) is 52.2 Å². The molecule has 2 aromatic rings. The highest BCUT2D eigenvalue weighted by Gasteiger charge is 2.15. The van der Waals surface area contributed by atoms with Gasteiger partial charge >= 0.3 is 5.97 Å². The Morgan fingerprint density at radius 1 is 1.04 bits per heavy atom. The summed E-state index contributed by atoms with van der Waals surface area (Å²) in [6.45, 7) is 1.58. The van der Waals surface area contributed by atoms with Crippen LogP contribution in [-0.2, 0) is 14.3 Å². The number of para-hydroxylation sites is 1. The van der Waals surface area contributed by atoms with Gasteiger partial charge in [0.15, 0.2) is 12.4 Å². The van der Waals surface area contributed by atoms with Gasteiger partial charge in [0, 0.05) is 24.0 Å². The van der Waals surface area contributed by atoms with Crippen molar-refractivity contribution in [1.82, 2.24) is 0 Å². The Morgan fingerprint density at radius 2 is 1.75 bits per heavy atom. The fourth-order valence-electron chi connectivity index (χ4n) is 2.03. The second-order valence-electron chi connectivity index (χ2n) is 5.28. The van der Waals surface area contributed by atoms with Gasteiger partial charge in [0.2, 0.25) is 0 Å². The molecule has 0 N–H and O–H groups in total. The van der Waals surface area contributed by atoms with E-state index in [-0.39, 0.29) is 31.1 Å². The van der Waals surface area contributed by atoms with Crippen molar-refractivity contribution in [2.45, 2.75) is 19.8 Å². The number of nitrogens with zero attached hydrogens (tertiary/aromatic N) is 1. The number of carbonyl (C=O) groups excluding carboxylic acids is 3. The summed E-state index contributed by atoms with van der Waals surface area (Å²) in [5.41, 5.74) is 0.724. The van der Waals surface area contributed by atoms with E-state index in [2.05, 4.69) is 0 Å². The van der Waals surface area contributed by atoms with E-state index in [9.17, 15) is 14.4 Å². The maximum absolute atomic E-state index is 12.0. The molecule has 2 rings (SSSR count). The summed E-state index contributed by atoms with van der Waals surface area (Å²) in [7, 11) is 1.62. The molecular formula is C18H19NO4S. The van der Waals surface area contributed by atoms with E-state index in [0.717, 1.165) is 10.6 Å². The average Bonchev–Trinajstić information content (AvgIpc) is 3.04. The molecule has 0 saturated carbocycles. The molecule has 0 fully saturated rings. The van der Waals surface area contributed by atoms with Gasteiger partial charge in [0.1, 0.15) is 0 Å². The number of benzene rings is 1. The highest BCUT2D eigenvalue weighted by Crippen LogP contribution is 2.17. The number of rotatable bonds is 7. The lowest BCUT2D eigenvalue weighted by Gasteiger charge is -2.17. The number of aryl methyl sites for hydroxylation is 1. The third-order valence-electron chi connectivity index (χ3n) is 3.45. The smallest absolute Gasteiger partial charge is 0.306 e. The Morgan fingerprint density at radius 3 is 2.38 bits per heavy atom. The van der Waals surface area contributed by atoms with Crippen LogP contribution in [0.1, 0.15) is 27.4 Å². The van der Waals surface area contributed by atoms with Crippen LogP contribution in [0.15, 0.2) is 42.5 Å². The molecule has 6 heteroatoms. The lowest BCUT2D eigenvalue weighted by Crippen LogP contribution is -2.31. The van der Waals surface area contributed by atoms with E-state index in [1.807, 2.05) is 31.2 Å². The monoisotopic (exact) mass is 345 g/mol. The Kier molecular flexibility index (Phi) is 6.26. The van der Waals surface area contributed by atoms with Crippen molar-refractivity contribution < 1.29 is 19.1 Å². The molecule has 1 aromatic carbocycles. The van der Waals surface area contributed by atoms with Gasteiger partial charge in [0.05, 0.1) is 11.3 Å².